The molecule has 0 saturated carbocycles. The Hall–Kier alpha value is -2.38. The van der Waals surface area contributed by atoms with Crippen LogP contribution in [0.15, 0.2) is 45.7 Å². The summed E-state index contributed by atoms with van der Waals surface area (Å²) in [4.78, 5) is 25.0. The van der Waals surface area contributed by atoms with Gasteiger partial charge in [-0.25, -0.2) is 0 Å². The maximum absolute atomic E-state index is 12.2. The monoisotopic (exact) mass is 373 g/mol. The highest BCUT2D eigenvalue weighted by atomic mass is 32.2. The van der Waals surface area contributed by atoms with Crippen LogP contribution in [0.1, 0.15) is 17.7 Å². The number of likely N-dealkylation sites (N-methyl/N-ethyl adjacent to an activating group) is 1. The lowest BCUT2D eigenvalue weighted by Gasteiger charge is -2.03. The van der Waals surface area contributed by atoms with E-state index in [0.29, 0.717) is 27.2 Å². The Morgan fingerprint density at radius 2 is 2.08 bits per heavy atom. The number of carbonyl (C=O) groups is 2. The van der Waals surface area contributed by atoms with Crippen LogP contribution in [0.2, 0.25) is 0 Å². The minimum atomic E-state index is -0.881. The normalized spacial score (nSPS) is 16.0. The number of hydrogen-bond acceptors (Lipinski definition) is 5. The van der Waals surface area contributed by atoms with Crippen LogP contribution < -0.4 is 0 Å². The largest absolute Gasteiger partial charge is 0.481 e. The second kappa shape index (κ2) is 7.25. The van der Waals surface area contributed by atoms with Gasteiger partial charge in [0.15, 0.2) is 0 Å². The van der Waals surface area contributed by atoms with E-state index in [-0.39, 0.29) is 12.3 Å². The molecule has 25 heavy (non-hydrogen) atoms. The smallest absolute Gasteiger partial charge is 0.303 e. The van der Waals surface area contributed by atoms with E-state index in [1.54, 1.807) is 13.1 Å². The number of carbonyl (C=O) groups excluding carboxylic acids is 1. The summed E-state index contributed by atoms with van der Waals surface area (Å²) in [5, 5.41) is 8.96. The Morgan fingerprint density at radius 1 is 1.36 bits per heavy atom. The number of hydrogen-bond donors (Lipinski definition) is 1. The van der Waals surface area contributed by atoms with Gasteiger partial charge in [0.2, 0.25) is 0 Å². The average molecular weight is 373 g/mol. The predicted octanol–water partition coefficient (Wildman–Crippen LogP) is 3.79. The van der Waals surface area contributed by atoms with Crippen molar-refractivity contribution in [3.8, 4) is 11.3 Å². The lowest BCUT2D eigenvalue weighted by Crippen LogP contribution is -2.22. The van der Waals surface area contributed by atoms with E-state index in [9.17, 15) is 9.59 Å². The number of thioether (sulfide) groups is 1. The third-order valence-electron chi connectivity index (χ3n) is 3.76. The highest BCUT2D eigenvalue weighted by Crippen LogP contribution is 2.34. The Labute approximate surface area is 154 Å². The van der Waals surface area contributed by atoms with Gasteiger partial charge >= 0.3 is 5.97 Å². The molecule has 1 saturated heterocycles. The van der Waals surface area contributed by atoms with Gasteiger partial charge in [-0.3, -0.25) is 14.5 Å². The molecular formula is C18H15NO4S2. The van der Waals surface area contributed by atoms with Crippen molar-refractivity contribution in [1.82, 2.24) is 4.90 Å². The highest BCUT2D eigenvalue weighted by Gasteiger charge is 2.29. The van der Waals surface area contributed by atoms with Gasteiger partial charge in [-0.1, -0.05) is 54.3 Å². The van der Waals surface area contributed by atoms with Gasteiger partial charge in [0.25, 0.3) is 5.91 Å². The Bertz CT molecular complexity index is 870. The molecule has 128 valence electrons. The van der Waals surface area contributed by atoms with Crippen molar-refractivity contribution in [3.63, 3.8) is 0 Å². The molecule has 7 heteroatoms. The molecule has 1 aromatic carbocycles. The molecule has 1 aliphatic heterocycles. The Morgan fingerprint density at radius 3 is 2.68 bits per heavy atom. The summed E-state index contributed by atoms with van der Waals surface area (Å²) in [6.07, 6.45) is 1.96. The lowest BCUT2D eigenvalue weighted by atomic mass is 10.1. The second-order valence-corrected chi connectivity index (χ2v) is 7.18. The summed E-state index contributed by atoms with van der Waals surface area (Å²) in [6, 6.07) is 11.4. The van der Waals surface area contributed by atoms with Crippen molar-refractivity contribution in [2.75, 3.05) is 7.05 Å². The number of thiocarbonyl (C=S) groups is 1. The summed E-state index contributed by atoms with van der Waals surface area (Å²) in [7, 11) is 1.63. The van der Waals surface area contributed by atoms with E-state index < -0.39 is 5.97 Å². The van der Waals surface area contributed by atoms with Gasteiger partial charge in [-0.2, -0.15) is 0 Å². The van der Waals surface area contributed by atoms with Crippen molar-refractivity contribution in [2.24, 2.45) is 0 Å². The number of nitrogens with zero attached hydrogens (tertiary/aromatic N) is 1. The van der Waals surface area contributed by atoms with E-state index in [1.165, 1.54) is 16.7 Å². The number of amides is 1. The molecular weight excluding hydrogens is 358 g/mol. The average Bonchev–Trinajstić information content (AvgIpc) is 3.11. The Kier molecular flexibility index (Phi) is 5.06. The molecule has 0 atom stereocenters. The SMILES string of the molecule is CN1C(=O)/C(=C/c2oc(-c3ccccc3)cc2CCC(=O)O)SC1=S. The van der Waals surface area contributed by atoms with Crippen LogP contribution in [-0.4, -0.2) is 33.3 Å². The van der Waals surface area contributed by atoms with Gasteiger partial charge in [-0.15, -0.1) is 0 Å². The van der Waals surface area contributed by atoms with Crippen molar-refractivity contribution < 1.29 is 19.1 Å². The zero-order valence-electron chi connectivity index (χ0n) is 13.4. The van der Waals surface area contributed by atoms with E-state index in [2.05, 4.69) is 0 Å². The van der Waals surface area contributed by atoms with Crippen molar-refractivity contribution in [3.05, 3.63) is 52.6 Å². The molecule has 2 heterocycles. The number of furan rings is 1. The summed E-state index contributed by atoms with van der Waals surface area (Å²) < 4.78 is 6.40. The van der Waals surface area contributed by atoms with Crippen molar-refractivity contribution in [2.45, 2.75) is 12.8 Å². The van der Waals surface area contributed by atoms with Crippen LogP contribution in [0.25, 0.3) is 17.4 Å². The topological polar surface area (TPSA) is 70.8 Å². The minimum Gasteiger partial charge on any atom is -0.481 e. The van der Waals surface area contributed by atoms with Crippen LogP contribution in [-0.2, 0) is 16.0 Å². The molecule has 0 bridgehead atoms. The summed E-state index contributed by atoms with van der Waals surface area (Å²) in [5.74, 6) is 0.0680. The van der Waals surface area contributed by atoms with E-state index >= 15 is 0 Å². The first kappa shape index (κ1) is 17.4. The highest BCUT2D eigenvalue weighted by molar-refractivity contribution is 8.26. The molecule has 1 aromatic heterocycles. The first-order valence-corrected chi connectivity index (χ1v) is 8.79. The second-order valence-electron chi connectivity index (χ2n) is 5.50. The fourth-order valence-electron chi connectivity index (χ4n) is 2.41. The van der Waals surface area contributed by atoms with E-state index in [0.717, 1.165) is 11.1 Å². The van der Waals surface area contributed by atoms with Crippen LogP contribution in [0, 0.1) is 0 Å². The van der Waals surface area contributed by atoms with E-state index in [4.69, 9.17) is 21.7 Å². The van der Waals surface area contributed by atoms with Crippen LogP contribution >= 0.6 is 24.0 Å². The van der Waals surface area contributed by atoms with Crippen LogP contribution in [0.5, 0.6) is 0 Å². The third-order valence-corrected chi connectivity index (χ3v) is 5.24. The molecule has 0 radical (unpaired) electrons. The van der Waals surface area contributed by atoms with Gasteiger partial charge in [0.1, 0.15) is 15.8 Å². The first-order valence-electron chi connectivity index (χ1n) is 7.57. The van der Waals surface area contributed by atoms with Crippen molar-refractivity contribution in [1.29, 1.82) is 0 Å². The quantitative estimate of drug-likeness (QED) is 0.635. The number of carboxylic acid groups (broad SMARTS) is 1. The van der Waals surface area contributed by atoms with Gasteiger partial charge in [0, 0.05) is 25.1 Å². The summed E-state index contributed by atoms with van der Waals surface area (Å²) in [6.45, 7) is 0. The molecule has 1 fully saturated rings. The Balaban J connectivity index is 1.99. The zero-order chi connectivity index (χ0) is 18.0. The summed E-state index contributed by atoms with van der Waals surface area (Å²) >= 11 is 6.34. The fraction of sp³-hybridized carbons (Fsp3) is 0.167. The van der Waals surface area contributed by atoms with Gasteiger partial charge in [-0.05, 0) is 18.1 Å². The van der Waals surface area contributed by atoms with E-state index in [1.807, 2.05) is 36.4 Å². The predicted molar refractivity (Wildman–Crippen MR) is 101 cm³/mol. The number of rotatable bonds is 5. The number of benzene rings is 1. The van der Waals surface area contributed by atoms with Crippen LogP contribution in [0.4, 0.5) is 0 Å². The maximum atomic E-state index is 12.2. The first-order chi connectivity index (χ1) is 12.0. The number of aliphatic carboxylic acids is 1. The summed E-state index contributed by atoms with van der Waals surface area (Å²) in [5.41, 5.74) is 1.64. The zero-order valence-corrected chi connectivity index (χ0v) is 15.0. The molecule has 1 amide bonds. The number of aryl methyl sites for hydroxylation is 1. The van der Waals surface area contributed by atoms with Crippen molar-refractivity contribution >= 4 is 46.3 Å². The molecule has 5 nitrogen and oxygen atoms in total. The molecule has 1 aliphatic rings. The molecule has 0 unspecified atom stereocenters. The lowest BCUT2D eigenvalue weighted by molar-refractivity contribution is -0.137. The standard InChI is InChI=1S/C18H15NO4S2/c1-19-17(22)15(25-18(19)24)10-14-12(7-8-16(20)21)9-13(23-14)11-5-3-2-4-6-11/h2-6,9-10H,7-8H2,1H3,(H,20,21)/b15-10-. The molecule has 0 spiro atoms. The maximum Gasteiger partial charge on any atom is 0.303 e. The molecule has 2 aromatic rings. The third kappa shape index (κ3) is 3.83. The fourth-order valence-corrected chi connectivity index (χ4v) is 3.56. The number of carboxylic acids is 1. The molecule has 3 rings (SSSR count). The van der Waals surface area contributed by atoms with Crippen LogP contribution in [0.3, 0.4) is 0 Å². The van der Waals surface area contributed by atoms with Gasteiger partial charge in [0.05, 0.1) is 4.91 Å². The molecule has 0 aliphatic carbocycles. The molecule has 1 N–H and O–H groups in total. The van der Waals surface area contributed by atoms with Gasteiger partial charge < -0.3 is 9.52 Å². The minimum absolute atomic E-state index is 0.0106.